The first-order valence-electron chi connectivity index (χ1n) is 9.41. The van der Waals surface area contributed by atoms with E-state index in [0.717, 1.165) is 57.6 Å². The number of carboxylic acid groups (broad SMARTS) is 1. The quantitative estimate of drug-likeness (QED) is 0.645. The highest BCUT2D eigenvalue weighted by atomic mass is 16.4. The second-order valence-electron chi connectivity index (χ2n) is 7.06. The molecule has 2 heterocycles. The smallest absolute Gasteiger partial charge is 0.303 e. The van der Waals surface area contributed by atoms with Crippen molar-refractivity contribution in [1.29, 1.82) is 0 Å². The number of unbranched alkanes of at least 4 members (excludes halogenated alkanes) is 1. The predicted octanol–water partition coefficient (Wildman–Crippen LogP) is 3.09. The Labute approximate surface area is 144 Å². The van der Waals surface area contributed by atoms with E-state index < -0.39 is 5.97 Å². The molecule has 0 unspecified atom stereocenters. The maximum absolute atomic E-state index is 10.7. The zero-order valence-electron chi connectivity index (χ0n) is 14.5. The van der Waals surface area contributed by atoms with Crippen LogP contribution >= 0.6 is 0 Å². The molecule has 2 aliphatic rings. The SMILES string of the molecule is O=C(O)CCCN(CCCCc1ccc2c(n1)NCCC2)C1CC1. The standard InChI is InChI=1S/C19H29N3O2/c23-18(24)7-4-14-22(17-10-11-17)13-2-1-6-16-9-8-15-5-3-12-20-19(15)21-16/h8-9,17H,1-7,10-14H2,(H,20,21)(H,23,24). The molecule has 0 amide bonds. The van der Waals surface area contributed by atoms with Crippen molar-refractivity contribution in [3.05, 3.63) is 23.4 Å². The van der Waals surface area contributed by atoms with E-state index in [-0.39, 0.29) is 6.42 Å². The zero-order chi connectivity index (χ0) is 16.8. The van der Waals surface area contributed by atoms with Crippen LogP contribution in [-0.4, -0.2) is 46.6 Å². The summed E-state index contributed by atoms with van der Waals surface area (Å²) in [6.07, 6.45) is 9.30. The van der Waals surface area contributed by atoms with E-state index in [4.69, 9.17) is 10.1 Å². The monoisotopic (exact) mass is 331 g/mol. The van der Waals surface area contributed by atoms with Crippen LogP contribution in [0.1, 0.15) is 56.2 Å². The largest absolute Gasteiger partial charge is 0.481 e. The van der Waals surface area contributed by atoms with Gasteiger partial charge in [0.05, 0.1) is 0 Å². The number of carboxylic acids is 1. The Bertz CT molecular complexity index is 558. The third kappa shape index (κ3) is 5.20. The molecule has 1 fully saturated rings. The number of carbonyl (C=O) groups is 1. The molecule has 24 heavy (non-hydrogen) atoms. The molecule has 0 radical (unpaired) electrons. The Morgan fingerprint density at radius 3 is 2.88 bits per heavy atom. The molecule has 0 saturated heterocycles. The molecule has 1 saturated carbocycles. The van der Waals surface area contributed by atoms with Crippen LogP contribution in [0.4, 0.5) is 5.82 Å². The van der Waals surface area contributed by atoms with Crippen LogP contribution in [0.3, 0.4) is 0 Å². The van der Waals surface area contributed by atoms with Crippen molar-refractivity contribution in [2.45, 2.75) is 63.8 Å². The van der Waals surface area contributed by atoms with Gasteiger partial charge in [0.1, 0.15) is 5.82 Å². The molecule has 1 aromatic rings. The summed E-state index contributed by atoms with van der Waals surface area (Å²) < 4.78 is 0. The Balaban J connectivity index is 1.38. The fourth-order valence-electron chi connectivity index (χ4n) is 3.48. The van der Waals surface area contributed by atoms with Gasteiger partial charge in [-0.1, -0.05) is 6.07 Å². The van der Waals surface area contributed by atoms with Crippen LogP contribution in [0.2, 0.25) is 0 Å². The number of nitrogens with one attached hydrogen (secondary N) is 1. The maximum atomic E-state index is 10.7. The first-order valence-corrected chi connectivity index (χ1v) is 9.41. The Morgan fingerprint density at radius 1 is 1.25 bits per heavy atom. The average molecular weight is 331 g/mol. The molecule has 1 aliphatic heterocycles. The molecule has 0 spiro atoms. The number of aryl methyl sites for hydroxylation is 2. The van der Waals surface area contributed by atoms with E-state index in [2.05, 4.69) is 22.3 Å². The molecule has 0 atom stereocenters. The first kappa shape index (κ1) is 17.2. The van der Waals surface area contributed by atoms with Crippen molar-refractivity contribution >= 4 is 11.8 Å². The number of anilines is 1. The van der Waals surface area contributed by atoms with E-state index in [1.807, 2.05) is 0 Å². The minimum atomic E-state index is -0.683. The third-order valence-electron chi connectivity index (χ3n) is 4.98. The summed E-state index contributed by atoms with van der Waals surface area (Å²) in [5.41, 5.74) is 2.54. The number of aromatic nitrogens is 1. The molecule has 132 valence electrons. The molecule has 2 N–H and O–H groups in total. The number of aliphatic carboxylic acids is 1. The summed E-state index contributed by atoms with van der Waals surface area (Å²) in [6.45, 7) is 3.06. The van der Waals surface area contributed by atoms with Crippen molar-refractivity contribution < 1.29 is 9.90 Å². The molecular weight excluding hydrogens is 302 g/mol. The number of fused-ring (bicyclic) bond motifs is 1. The summed E-state index contributed by atoms with van der Waals surface area (Å²) in [5, 5.41) is 12.2. The normalized spacial score (nSPS) is 16.7. The topological polar surface area (TPSA) is 65.5 Å². The van der Waals surface area contributed by atoms with Crippen LogP contribution in [0.25, 0.3) is 0 Å². The Hall–Kier alpha value is -1.62. The van der Waals surface area contributed by atoms with Gasteiger partial charge < -0.3 is 15.3 Å². The van der Waals surface area contributed by atoms with Crippen molar-refractivity contribution in [2.75, 3.05) is 25.0 Å². The van der Waals surface area contributed by atoms with Gasteiger partial charge in [-0.2, -0.15) is 0 Å². The lowest BCUT2D eigenvalue weighted by atomic mass is 10.1. The van der Waals surface area contributed by atoms with Gasteiger partial charge in [-0.05, 0) is 76.1 Å². The number of rotatable bonds is 10. The second-order valence-corrected chi connectivity index (χ2v) is 7.06. The molecule has 0 bridgehead atoms. The molecule has 1 aromatic heterocycles. The van der Waals surface area contributed by atoms with E-state index in [1.165, 1.54) is 30.5 Å². The van der Waals surface area contributed by atoms with Gasteiger partial charge in [0.2, 0.25) is 0 Å². The van der Waals surface area contributed by atoms with Crippen LogP contribution in [0, 0.1) is 0 Å². The van der Waals surface area contributed by atoms with Crippen LogP contribution in [-0.2, 0) is 17.6 Å². The third-order valence-corrected chi connectivity index (χ3v) is 4.98. The van der Waals surface area contributed by atoms with Crippen LogP contribution < -0.4 is 5.32 Å². The number of nitrogens with zero attached hydrogens (tertiary/aromatic N) is 2. The highest BCUT2D eigenvalue weighted by Gasteiger charge is 2.28. The Morgan fingerprint density at radius 2 is 2.08 bits per heavy atom. The lowest BCUT2D eigenvalue weighted by Crippen LogP contribution is -2.28. The fraction of sp³-hybridized carbons (Fsp3) is 0.684. The van der Waals surface area contributed by atoms with Crippen molar-refractivity contribution in [3.8, 4) is 0 Å². The molecule has 1 aliphatic carbocycles. The van der Waals surface area contributed by atoms with E-state index in [9.17, 15) is 4.79 Å². The summed E-state index contributed by atoms with van der Waals surface area (Å²) in [6, 6.07) is 5.12. The summed E-state index contributed by atoms with van der Waals surface area (Å²) in [5.74, 6) is 0.407. The van der Waals surface area contributed by atoms with Crippen molar-refractivity contribution in [3.63, 3.8) is 0 Å². The highest BCUT2D eigenvalue weighted by Crippen LogP contribution is 2.27. The van der Waals surface area contributed by atoms with Gasteiger partial charge in [-0.3, -0.25) is 4.79 Å². The van der Waals surface area contributed by atoms with Crippen LogP contribution in [0.5, 0.6) is 0 Å². The van der Waals surface area contributed by atoms with Gasteiger partial charge in [0.15, 0.2) is 0 Å². The predicted molar refractivity (Wildman–Crippen MR) is 95.5 cm³/mol. The fourth-order valence-corrected chi connectivity index (χ4v) is 3.48. The molecule has 5 heteroatoms. The first-order chi connectivity index (χ1) is 11.7. The lowest BCUT2D eigenvalue weighted by Gasteiger charge is -2.21. The van der Waals surface area contributed by atoms with E-state index >= 15 is 0 Å². The minimum Gasteiger partial charge on any atom is -0.481 e. The average Bonchev–Trinajstić information content (AvgIpc) is 3.41. The van der Waals surface area contributed by atoms with Gasteiger partial charge in [-0.25, -0.2) is 4.98 Å². The van der Waals surface area contributed by atoms with Gasteiger partial charge in [0, 0.05) is 24.7 Å². The zero-order valence-corrected chi connectivity index (χ0v) is 14.5. The summed E-state index contributed by atoms with van der Waals surface area (Å²) in [7, 11) is 0. The maximum Gasteiger partial charge on any atom is 0.303 e. The van der Waals surface area contributed by atoms with Gasteiger partial charge >= 0.3 is 5.97 Å². The molecule has 0 aromatic carbocycles. The van der Waals surface area contributed by atoms with Gasteiger partial charge in [0.25, 0.3) is 0 Å². The van der Waals surface area contributed by atoms with Gasteiger partial charge in [-0.15, -0.1) is 0 Å². The van der Waals surface area contributed by atoms with E-state index in [1.54, 1.807) is 0 Å². The number of hydrogen-bond donors (Lipinski definition) is 2. The molecular formula is C19H29N3O2. The van der Waals surface area contributed by atoms with Crippen molar-refractivity contribution in [1.82, 2.24) is 9.88 Å². The number of pyridine rings is 1. The summed E-state index contributed by atoms with van der Waals surface area (Å²) in [4.78, 5) is 17.9. The minimum absolute atomic E-state index is 0.287. The second kappa shape index (κ2) is 8.47. The highest BCUT2D eigenvalue weighted by molar-refractivity contribution is 5.66. The lowest BCUT2D eigenvalue weighted by molar-refractivity contribution is -0.137. The summed E-state index contributed by atoms with van der Waals surface area (Å²) >= 11 is 0. The Kier molecular flexibility index (Phi) is 6.07. The molecule has 3 rings (SSSR count). The number of hydrogen-bond acceptors (Lipinski definition) is 4. The van der Waals surface area contributed by atoms with Crippen LogP contribution in [0.15, 0.2) is 12.1 Å². The molecule has 5 nitrogen and oxygen atoms in total. The van der Waals surface area contributed by atoms with E-state index in [0.29, 0.717) is 6.04 Å². The van der Waals surface area contributed by atoms with Crippen molar-refractivity contribution in [2.24, 2.45) is 0 Å².